The van der Waals surface area contributed by atoms with Gasteiger partial charge in [-0.3, -0.25) is 9.59 Å². The first-order valence-corrected chi connectivity index (χ1v) is 8.98. The van der Waals surface area contributed by atoms with Crippen molar-refractivity contribution in [2.75, 3.05) is 18.0 Å². The second-order valence-corrected chi connectivity index (χ2v) is 6.96. The molecule has 1 heterocycles. The lowest BCUT2D eigenvalue weighted by atomic mass is 10.1. The summed E-state index contributed by atoms with van der Waals surface area (Å²) in [5.74, 6) is -1.12. The smallest absolute Gasteiger partial charge is 0.227 e. The van der Waals surface area contributed by atoms with E-state index < -0.39 is 5.92 Å². The molecule has 136 valence electrons. The summed E-state index contributed by atoms with van der Waals surface area (Å²) in [5.41, 5.74) is 1.38. The van der Waals surface area contributed by atoms with Gasteiger partial charge in [-0.1, -0.05) is 41.4 Å². The minimum atomic E-state index is -0.456. The lowest BCUT2D eigenvalue weighted by molar-refractivity contribution is -0.126. The third kappa shape index (κ3) is 4.17. The maximum Gasteiger partial charge on any atom is 0.227 e. The Labute approximate surface area is 160 Å². The monoisotopic (exact) mass is 394 g/mol. The Morgan fingerprint density at radius 2 is 1.81 bits per heavy atom. The first-order chi connectivity index (χ1) is 12.5. The second-order valence-electron chi connectivity index (χ2n) is 6.14. The van der Waals surface area contributed by atoms with Crippen LogP contribution in [0.1, 0.15) is 12.0 Å². The van der Waals surface area contributed by atoms with Gasteiger partial charge >= 0.3 is 0 Å². The van der Waals surface area contributed by atoms with Gasteiger partial charge in [0.15, 0.2) is 0 Å². The van der Waals surface area contributed by atoms with E-state index in [2.05, 4.69) is 5.32 Å². The Bertz CT molecular complexity index is 807. The minimum Gasteiger partial charge on any atom is -0.355 e. The molecule has 7 heteroatoms. The number of nitrogens with one attached hydrogen (secondary N) is 1. The van der Waals surface area contributed by atoms with Crippen LogP contribution in [0.25, 0.3) is 0 Å². The van der Waals surface area contributed by atoms with Crippen molar-refractivity contribution in [3.8, 4) is 0 Å². The molecule has 0 aliphatic carbocycles. The highest BCUT2D eigenvalue weighted by Gasteiger charge is 2.36. The molecule has 1 unspecified atom stereocenters. The van der Waals surface area contributed by atoms with E-state index in [1.807, 2.05) is 0 Å². The van der Waals surface area contributed by atoms with Crippen LogP contribution in [0.3, 0.4) is 0 Å². The normalized spacial score (nSPS) is 16.8. The van der Waals surface area contributed by atoms with E-state index in [1.54, 1.807) is 30.3 Å². The molecule has 26 heavy (non-hydrogen) atoms. The number of rotatable bonds is 5. The van der Waals surface area contributed by atoms with Crippen molar-refractivity contribution < 1.29 is 14.0 Å². The summed E-state index contributed by atoms with van der Waals surface area (Å²) in [4.78, 5) is 26.1. The van der Waals surface area contributed by atoms with Crippen LogP contribution in [-0.2, 0) is 16.0 Å². The summed E-state index contributed by atoms with van der Waals surface area (Å²) in [6, 6.07) is 11.2. The molecule has 1 atom stereocenters. The van der Waals surface area contributed by atoms with Crippen molar-refractivity contribution in [1.29, 1.82) is 0 Å². The highest BCUT2D eigenvalue weighted by Crippen LogP contribution is 2.37. The topological polar surface area (TPSA) is 49.4 Å². The summed E-state index contributed by atoms with van der Waals surface area (Å²) in [7, 11) is 0. The van der Waals surface area contributed by atoms with E-state index in [4.69, 9.17) is 23.2 Å². The fourth-order valence-corrected chi connectivity index (χ4v) is 3.57. The predicted octanol–water partition coefficient (Wildman–Crippen LogP) is 3.84. The fourth-order valence-electron chi connectivity index (χ4n) is 2.97. The molecule has 1 aliphatic rings. The van der Waals surface area contributed by atoms with E-state index in [0.29, 0.717) is 28.7 Å². The Morgan fingerprint density at radius 3 is 2.46 bits per heavy atom. The molecule has 4 nitrogen and oxygen atoms in total. The molecular formula is C19H17Cl2FN2O2. The number of halogens is 3. The zero-order valence-corrected chi connectivity index (χ0v) is 15.4. The summed E-state index contributed by atoms with van der Waals surface area (Å²) in [5, 5.41) is 3.59. The molecule has 0 spiro atoms. The number of hydrogen-bond donors (Lipinski definition) is 1. The van der Waals surface area contributed by atoms with Gasteiger partial charge in [0.05, 0.1) is 21.7 Å². The van der Waals surface area contributed by atoms with Gasteiger partial charge < -0.3 is 10.2 Å². The minimum absolute atomic E-state index is 0.115. The summed E-state index contributed by atoms with van der Waals surface area (Å²) in [6.07, 6.45) is 0.705. The first kappa shape index (κ1) is 18.7. The largest absolute Gasteiger partial charge is 0.355 e. The molecule has 0 bridgehead atoms. The third-order valence-corrected chi connectivity index (χ3v) is 4.94. The summed E-state index contributed by atoms with van der Waals surface area (Å²) >= 11 is 12.3. The zero-order chi connectivity index (χ0) is 18.7. The molecular weight excluding hydrogens is 378 g/mol. The molecule has 0 aromatic heterocycles. The first-order valence-electron chi connectivity index (χ1n) is 8.22. The van der Waals surface area contributed by atoms with Crippen LogP contribution in [0.2, 0.25) is 10.0 Å². The van der Waals surface area contributed by atoms with Crippen molar-refractivity contribution >= 4 is 40.7 Å². The Morgan fingerprint density at radius 1 is 1.15 bits per heavy atom. The van der Waals surface area contributed by atoms with Gasteiger partial charge in [0.1, 0.15) is 5.82 Å². The van der Waals surface area contributed by atoms with Crippen LogP contribution in [0.15, 0.2) is 42.5 Å². The number of nitrogens with zero attached hydrogens (tertiary/aromatic N) is 1. The van der Waals surface area contributed by atoms with E-state index in [9.17, 15) is 14.0 Å². The van der Waals surface area contributed by atoms with Crippen molar-refractivity contribution in [3.63, 3.8) is 0 Å². The third-order valence-electron chi connectivity index (χ3n) is 4.33. The lowest BCUT2D eigenvalue weighted by Crippen LogP contribution is -2.34. The number of carbonyl (C=O) groups is 2. The quantitative estimate of drug-likeness (QED) is 0.837. The average Bonchev–Trinajstić information content (AvgIpc) is 2.98. The van der Waals surface area contributed by atoms with E-state index >= 15 is 0 Å². The maximum atomic E-state index is 12.9. The van der Waals surface area contributed by atoms with E-state index in [1.165, 1.54) is 17.0 Å². The molecule has 1 aliphatic heterocycles. The molecule has 2 amide bonds. The van der Waals surface area contributed by atoms with Crippen LogP contribution >= 0.6 is 23.2 Å². The molecule has 1 N–H and O–H groups in total. The fraction of sp³-hybridized carbons (Fsp3) is 0.263. The Hall–Kier alpha value is -2.11. The van der Waals surface area contributed by atoms with E-state index in [-0.39, 0.29) is 30.6 Å². The van der Waals surface area contributed by atoms with Crippen LogP contribution in [-0.4, -0.2) is 24.9 Å². The van der Waals surface area contributed by atoms with Crippen LogP contribution in [0.4, 0.5) is 10.1 Å². The Kier molecular flexibility index (Phi) is 5.79. The number of carbonyl (C=O) groups excluding carboxylic acids is 2. The zero-order valence-electron chi connectivity index (χ0n) is 13.8. The van der Waals surface area contributed by atoms with Gasteiger partial charge in [-0.05, 0) is 36.2 Å². The highest BCUT2D eigenvalue weighted by molar-refractivity contribution is 6.40. The molecule has 0 radical (unpaired) electrons. The van der Waals surface area contributed by atoms with Gasteiger partial charge in [-0.25, -0.2) is 4.39 Å². The van der Waals surface area contributed by atoms with Crippen LogP contribution in [0, 0.1) is 11.7 Å². The number of anilines is 1. The van der Waals surface area contributed by atoms with Crippen molar-refractivity contribution in [2.24, 2.45) is 5.92 Å². The van der Waals surface area contributed by atoms with Gasteiger partial charge in [0, 0.05) is 19.5 Å². The van der Waals surface area contributed by atoms with Gasteiger partial charge in [-0.15, -0.1) is 0 Å². The van der Waals surface area contributed by atoms with Gasteiger partial charge in [0.2, 0.25) is 11.8 Å². The van der Waals surface area contributed by atoms with Crippen LogP contribution in [0.5, 0.6) is 0 Å². The number of hydrogen-bond acceptors (Lipinski definition) is 2. The molecule has 1 fully saturated rings. The summed E-state index contributed by atoms with van der Waals surface area (Å²) < 4.78 is 12.9. The van der Waals surface area contributed by atoms with Crippen LogP contribution < -0.4 is 10.2 Å². The van der Waals surface area contributed by atoms with Gasteiger partial charge in [-0.2, -0.15) is 0 Å². The summed E-state index contributed by atoms with van der Waals surface area (Å²) in [6.45, 7) is 0.659. The maximum absolute atomic E-state index is 12.9. The standard InChI is InChI=1S/C19H17Cl2FN2O2/c20-15-2-1-3-16(21)18(15)24-11-13(10-17(24)25)19(26)23-9-8-12-4-6-14(22)7-5-12/h1-7,13H,8-11H2,(H,23,26). The van der Waals surface area contributed by atoms with Crippen molar-refractivity contribution in [1.82, 2.24) is 5.32 Å². The predicted molar refractivity (Wildman–Crippen MR) is 100 cm³/mol. The van der Waals surface area contributed by atoms with Crippen molar-refractivity contribution in [2.45, 2.75) is 12.8 Å². The SMILES string of the molecule is O=C(NCCc1ccc(F)cc1)C1CC(=O)N(c2c(Cl)cccc2Cl)C1. The number of benzene rings is 2. The average molecular weight is 395 g/mol. The highest BCUT2D eigenvalue weighted by atomic mass is 35.5. The molecule has 1 saturated heterocycles. The van der Waals surface area contributed by atoms with E-state index in [0.717, 1.165) is 5.56 Å². The molecule has 2 aromatic rings. The number of para-hydroxylation sites is 1. The molecule has 2 aromatic carbocycles. The lowest BCUT2D eigenvalue weighted by Gasteiger charge is -2.19. The van der Waals surface area contributed by atoms with Crippen molar-refractivity contribution in [3.05, 3.63) is 63.9 Å². The molecule has 0 saturated carbocycles. The van der Waals surface area contributed by atoms with Gasteiger partial charge in [0.25, 0.3) is 0 Å². The Balaban J connectivity index is 1.58. The second kappa shape index (κ2) is 8.06. The molecule has 3 rings (SSSR count). The number of amides is 2.